The fourth-order valence-electron chi connectivity index (χ4n) is 2.89. The molecule has 116 valence electrons. The van der Waals surface area contributed by atoms with Crippen molar-refractivity contribution in [2.75, 3.05) is 7.11 Å². The molecule has 1 aliphatic heterocycles. The maximum absolute atomic E-state index is 11.2. The van der Waals surface area contributed by atoms with Gasteiger partial charge in [-0.05, 0) is 25.5 Å². The minimum absolute atomic E-state index is 0.0142. The molecule has 0 radical (unpaired) electrons. The zero-order valence-electron chi connectivity index (χ0n) is 12.8. The summed E-state index contributed by atoms with van der Waals surface area (Å²) in [6, 6.07) is 3.62. The van der Waals surface area contributed by atoms with Crippen LogP contribution in [0, 0.1) is 0 Å². The highest BCUT2D eigenvalue weighted by atomic mass is 16.5. The molecule has 0 spiro atoms. The minimum atomic E-state index is -0.860. The average Bonchev–Trinajstić information content (AvgIpc) is 2.81. The fourth-order valence-corrected chi connectivity index (χ4v) is 2.89. The van der Waals surface area contributed by atoms with Crippen molar-refractivity contribution in [3.63, 3.8) is 0 Å². The summed E-state index contributed by atoms with van der Waals surface area (Å²) in [5.41, 5.74) is 8.05. The van der Waals surface area contributed by atoms with Crippen LogP contribution in [0.15, 0.2) is 12.1 Å². The third-order valence-electron chi connectivity index (χ3n) is 4.03. The molecule has 1 heterocycles. The minimum Gasteiger partial charge on any atom is -0.496 e. The first-order valence-electron chi connectivity index (χ1n) is 7.31. The topological polar surface area (TPSA) is 81.8 Å². The van der Waals surface area contributed by atoms with E-state index < -0.39 is 5.97 Å². The normalized spacial score (nSPS) is 19.5. The second-order valence-electron chi connectivity index (χ2n) is 5.61. The van der Waals surface area contributed by atoms with Crippen molar-refractivity contribution in [1.29, 1.82) is 0 Å². The summed E-state index contributed by atoms with van der Waals surface area (Å²) in [4.78, 5) is 11.2. The summed E-state index contributed by atoms with van der Waals surface area (Å²) in [6.07, 6.45) is 1.67. The van der Waals surface area contributed by atoms with Gasteiger partial charge in [-0.1, -0.05) is 6.92 Å². The highest BCUT2D eigenvalue weighted by Gasteiger charge is 2.28. The highest BCUT2D eigenvalue weighted by Crippen LogP contribution is 2.40. The lowest BCUT2D eigenvalue weighted by Gasteiger charge is -2.24. The van der Waals surface area contributed by atoms with Gasteiger partial charge < -0.3 is 20.3 Å². The summed E-state index contributed by atoms with van der Waals surface area (Å²) in [6.45, 7) is 3.97. The van der Waals surface area contributed by atoms with Gasteiger partial charge in [-0.2, -0.15) is 0 Å². The van der Waals surface area contributed by atoms with Crippen LogP contribution in [-0.2, 0) is 11.2 Å². The first-order chi connectivity index (χ1) is 9.96. The summed E-state index contributed by atoms with van der Waals surface area (Å²) < 4.78 is 11.2. The quantitative estimate of drug-likeness (QED) is 0.841. The Morgan fingerprint density at radius 2 is 2.29 bits per heavy atom. The number of rotatable bonds is 6. The maximum Gasteiger partial charge on any atom is 0.304 e. The molecule has 0 fully saturated rings. The van der Waals surface area contributed by atoms with E-state index in [1.54, 1.807) is 7.11 Å². The van der Waals surface area contributed by atoms with E-state index in [1.165, 1.54) is 0 Å². The molecular weight excluding hydrogens is 270 g/mol. The van der Waals surface area contributed by atoms with E-state index in [9.17, 15) is 4.79 Å². The number of aliphatic carboxylic acids is 1. The molecular formula is C16H23NO4. The van der Waals surface area contributed by atoms with Crippen LogP contribution in [0.3, 0.4) is 0 Å². The molecule has 1 aromatic carbocycles. The predicted molar refractivity (Wildman–Crippen MR) is 80.0 cm³/mol. The van der Waals surface area contributed by atoms with Crippen molar-refractivity contribution in [3.8, 4) is 11.5 Å². The Morgan fingerprint density at radius 3 is 2.86 bits per heavy atom. The monoisotopic (exact) mass is 293 g/mol. The van der Waals surface area contributed by atoms with E-state index in [0.29, 0.717) is 12.2 Å². The number of nitrogens with two attached hydrogens (primary N) is 1. The van der Waals surface area contributed by atoms with Gasteiger partial charge in [-0.3, -0.25) is 4.79 Å². The third-order valence-corrected chi connectivity index (χ3v) is 4.03. The van der Waals surface area contributed by atoms with Gasteiger partial charge in [0.05, 0.1) is 13.5 Å². The van der Waals surface area contributed by atoms with Crippen LogP contribution in [-0.4, -0.2) is 30.3 Å². The molecule has 1 aliphatic rings. The van der Waals surface area contributed by atoms with Crippen LogP contribution in [0.2, 0.25) is 0 Å². The molecule has 0 saturated carbocycles. The standard InChI is InChI=1S/C16H23NO4/c1-4-13(17)11(8-16(18)19)12-7-14-10(5-9(2)21-14)6-15(12)20-3/h6-7,9,11,13H,4-5,8,17H2,1-3H3,(H,18,19). The molecule has 0 saturated heterocycles. The summed E-state index contributed by atoms with van der Waals surface area (Å²) >= 11 is 0. The molecule has 5 nitrogen and oxygen atoms in total. The van der Waals surface area contributed by atoms with E-state index in [2.05, 4.69) is 0 Å². The lowest BCUT2D eigenvalue weighted by molar-refractivity contribution is -0.137. The second-order valence-corrected chi connectivity index (χ2v) is 5.61. The zero-order chi connectivity index (χ0) is 15.6. The molecule has 0 bridgehead atoms. The molecule has 0 aromatic heterocycles. The van der Waals surface area contributed by atoms with Gasteiger partial charge in [0.1, 0.15) is 17.6 Å². The van der Waals surface area contributed by atoms with Gasteiger partial charge in [0.25, 0.3) is 0 Å². The van der Waals surface area contributed by atoms with Crippen molar-refractivity contribution in [2.45, 2.75) is 51.2 Å². The number of fused-ring (bicyclic) bond motifs is 1. The number of hydrogen-bond acceptors (Lipinski definition) is 4. The Morgan fingerprint density at radius 1 is 1.57 bits per heavy atom. The molecule has 3 atom stereocenters. The number of benzene rings is 1. The van der Waals surface area contributed by atoms with Gasteiger partial charge >= 0.3 is 5.97 Å². The summed E-state index contributed by atoms with van der Waals surface area (Å²) in [5.74, 6) is 0.367. The second kappa shape index (κ2) is 6.35. The Kier molecular flexibility index (Phi) is 4.73. The van der Waals surface area contributed by atoms with E-state index in [0.717, 1.165) is 23.3 Å². The molecule has 5 heteroatoms. The van der Waals surface area contributed by atoms with Gasteiger partial charge in [0.2, 0.25) is 0 Å². The Balaban J connectivity index is 2.44. The largest absolute Gasteiger partial charge is 0.496 e. The van der Waals surface area contributed by atoms with Gasteiger partial charge in [0, 0.05) is 29.5 Å². The maximum atomic E-state index is 11.2. The van der Waals surface area contributed by atoms with Crippen LogP contribution in [0.5, 0.6) is 11.5 Å². The van der Waals surface area contributed by atoms with Gasteiger partial charge in [-0.25, -0.2) is 0 Å². The Labute approximate surface area is 125 Å². The number of carboxylic acid groups (broad SMARTS) is 1. The number of ether oxygens (including phenoxy) is 2. The van der Waals surface area contributed by atoms with Gasteiger partial charge in [0.15, 0.2) is 0 Å². The van der Waals surface area contributed by atoms with Gasteiger partial charge in [-0.15, -0.1) is 0 Å². The lowest BCUT2D eigenvalue weighted by Crippen LogP contribution is -2.29. The summed E-state index contributed by atoms with van der Waals surface area (Å²) in [7, 11) is 1.60. The number of carboxylic acids is 1. The molecule has 0 amide bonds. The Bertz CT molecular complexity index is 529. The number of hydrogen-bond donors (Lipinski definition) is 2. The first kappa shape index (κ1) is 15.6. The van der Waals surface area contributed by atoms with E-state index >= 15 is 0 Å². The smallest absolute Gasteiger partial charge is 0.304 e. The molecule has 0 aliphatic carbocycles. The van der Waals surface area contributed by atoms with Crippen molar-refractivity contribution in [1.82, 2.24) is 0 Å². The first-order valence-corrected chi connectivity index (χ1v) is 7.31. The van der Waals surface area contributed by atoms with E-state index in [4.69, 9.17) is 20.3 Å². The Hall–Kier alpha value is -1.75. The number of methoxy groups -OCH3 is 1. The predicted octanol–water partition coefficient (Wildman–Crippen LogP) is 2.31. The van der Waals surface area contributed by atoms with Crippen molar-refractivity contribution >= 4 is 5.97 Å². The molecule has 3 unspecified atom stereocenters. The SMILES string of the molecule is CCC(N)C(CC(=O)O)c1cc2c(cc1OC)CC(C)O2. The van der Waals surface area contributed by atoms with E-state index in [1.807, 2.05) is 26.0 Å². The molecule has 21 heavy (non-hydrogen) atoms. The average molecular weight is 293 g/mol. The van der Waals surface area contributed by atoms with Crippen LogP contribution in [0.1, 0.15) is 43.7 Å². The van der Waals surface area contributed by atoms with E-state index in [-0.39, 0.29) is 24.5 Å². The fraction of sp³-hybridized carbons (Fsp3) is 0.562. The summed E-state index contributed by atoms with van der Waals surface area (Å²) in [5, 5.41) is 9.16. The molecule has 1 aromatic rings. The molecule has 3 N–H and O–H groups in total. The zero-order valence-corrected chi connectivity index (χ0v) is 12.8. The van der Waals surface area contributed by atoms with Crippen molar-refractivity contribution < 1.29 is 19.4 Å². The lowest BCUT2D eigenvalue weighted by atomic mass is 9.86. The number of carbonyl (C=O) groups is 1. The van der Waals surface area contributed by atoms with Crippen LogP contribution < -0.4 is 15.2 Å². The highest BCUT2D eigenvalue weighted by molar-refractivity contribution is 5.69. The molecule has 2 rings (SSSR count). The van der Waals surface area contributed by atoms with Crippen LogP contribution in [0.25, 0.3) is 0 Å². The third kappa shape index (κ3) is 3.29. The van der Waals surface area contributed by atoms with Crippen molar-refractivity contribution in [3.05, 3.63) is 23.3 Å². The van der Waals surface area contributed by atoms with Crippen LogP contribution in [0.4, 0.5) is 0 Å². The van der Waals surface area contributed by atoms with Crippen molar-refractivity contribution in [2.24, 2.45) is 5.73 Å². The van der Waals surface area contributed by atoms with Crippen LogP contribution >= 0.6 is 0 Å².